The van der Waals surface area contributed by atoms with E-state index in [0.29, 0.717) is 17.2 Å². The van der Waals surface area contributed by atoms with E-state index in [0.717, 1.165) is 0 Å². The molecule has 0 saturated carbocycles. The number of methoxy groups -OCH3 is 1. The third kappa shape index (κ3) is 6.43. The summed E-state index contributed by atoms with van der Waals surface area (Å²) in [7, 11) is 1.50. The molecule has 0 fully saturated rings. The summed E-state index contributed by atoms with van der Waals surface area (Å²) >= 11 is 0. The third-order valence-electron chi connectivity index (χ3n) is 3.36. The van der Waals surface area contributed by atoms with Crippen LogP contribution < -0.4 is 20.2 Å². The Balaban J connectivity index is 1.79. The SMILES string of the molecule is COc1ccccc1OCC(=O)NN=C(C)CC(=O)Nc1ccccc1F. The maximum Gasteiger partial charge on any atom is 0.277 e. The molecule has 0 saturated heterocycles. The summed E-state index contributed by atoms with van der Waals surface area (Å²) in [5.74, 6) is -0.521. The summed E-state index contributed by atoms with van der Waals surface area (Å²) in [6, 6.07) is 12.8. The average Bonchev–Trinajstić information content (AvgIpc) is 2.66. The molecule has 2 N–H and O–H groups in total. The van der Waals surface area contributed by atoms with Crippen LogP contribution in [0.2, 0.25) is 0 Å². The predicted molar refractivity (Wildman–Crippen MR) is 99.4 cm³/mol. The highest BCUT2D eigenvalue weighted by atomic mass is 19.1. The van der Waals surface area contributed by atoms with E-state index in [1.807, 2.05) is 0 Å². The first-order valence-electron chi connectivity index (χ1n) is 8.11. The van der Waals surface area contributed by atoms with Crippen molar-refractivity contribution in [3.05, 3.63) is 54.3 Å². The van der Waals surface area contributed by atoms with Crippen molar-refractivity contribution in [3.8, 4) is 11.5 Å². The standard InChI is InChI=1S/C19H20FN3O4/c1-13(11-18(24)21-15-8-4-3-7-14(15)20)22-23-19(25)12-27-17-10-6-5-9-16(17)26-2/h3-10H,11-12H2,1-2H3,(H,21,24)(H,23,25). The molecule has 0 unspecified atom stereocenters. The van der Waals surface area contributed by atoms with Crippen molar-refractivity contribution >= 4 is 23.2 Å². The number of hydrogen-bond acceptors (Lipinski definition) is 5. The van der Waals surface area contributed by atoms with Gasteiger partial charge in [0.25, 0.3) is 5.91 Å². The summed E-state index contributed by atoms with van der Waals surface area (Å²) in [4.78, 5) is 23.7. The van der Waals surface area contributed by atoms with Crippen LogP contribution in [-0.4, -0.2) is 31.2 Å². The van der Waals surface area contributed by atoms with Crippen LogP contribution in [0.15, 0.2) is 53.6 Å². The number of rotatable bonds is 8. The van der Waals surface area contributed by atoms with E-state index in [2.05, 4.69) is 15.8 Å². The number of nitrogens with one attached hydrogen (secondary N) is 2. The van der Waals surface area contributed by atoms with E-state index in [1.165, 1.54) is 25.3 Å². The fourth-order valence-electron chi connectivity index (χ4n) is 2.10. The highest BCUT2D eigenvalue weighted by Gasteiger charge is 2.09. The number of hydrogen-bond donors (Lipinski definition) is 2. The number of hydrazone groups is 1. The summed E-state index contributed by atoms with van der Waals surface area (Å²) in [6.07, 6.45) is -0.0953. The first-order chi connectivity index (χ1) is 13.0. The van der Waals surface area contributed by atoms with Crippen LogP contribution in [0.1, 0.15) is 13.3 Å². The minimum absolute atomic E-state index is 0.0875. The summed E-state index contributed by atoms with van der Waals surface area (Å²) in [6.45, 7) is 1.31. The Morgan fingerprint density at radius 2 is 1.70 bits per heavy atom. The zero-order chi connectivity index (χ0) is 19.6. The second-order valence-corrected chi connectivity index (χ2v) is 5.53. The van der Waals surface area contributed by atoms with Gasteiger partial charge < -0.3 is 14.8 Å². The number of carbonyl (C=O) groups excluding carboxylic acids is 2. The first kappa shape index (κ1) is 19.9. The number of anilines is 1. The Morgan fingerprint density at radius 1 is 1.04 bits per heavy atom. The number of nitrogens with zero attached hydrogens (tertiary/aromatic N) is 1. The minimum atomic E-state index is -0.526. The van der Waals surface area contributed by atoms with Crippen molar-refractivity contribution in [1.29, 1.82) is 0 Å². The van der Waals surface area contributed by atoms with Gasteiger partial charge in [-0.15, -0.1) is 0 Å². The van der Waals surface area contributed by atoms with E-state index in [4.69, 9.17) is 9.47 Å². The highest BCUT2D eigenvalue weighted by Crippen LogP contribution is 2.25. The Labute approximate surface area is 156 Å². The van der Waals surface area contributed by atoms with Crippen molar-refractivity contribution in [2.24, 2.45) is 5.10 Å². The van der Waals surface area contributed by atoms with E-state index in [1.54, 1.807) is 37.3 Å². The number of benzene rings is 2. The quantitative estimate of drug-likeness (QED) is 0.550. The molecule has 0 radical (unpaired) electrons. The van der Waals surface area contributed by atoms with Gasteiger partial charge in [0, 0.05) is 5.71 Å². The van der Waals surface area contributed by atoms with Crippen molar-refractivity contribution in [2.75, 3.05) is 19.0 Å². The van der Waals surface area contributed by atoms with Crippen LogP contribution in [0.4, 0.5) is 10.1 Å². The molecule has 7 nitrogen and oxygen atoms in total. The van der Waals surface area contributed by atoms with Crippen LogP contribution in [0.5, 0.6) is 11.5 Å². The molecule has 2 aromatic carbocycles. The molecule has 8 heteroatoms. The van der Waals surface area contributed by atoms with Gasteiger partial charge in [0.1, 0.15) is 5.82 Å². The lowest BCUT2D eigenvalue weighted by Crippen LogP contribution is -2.26. The second-order valence-electron chi connectivity index (χ2n) is 5.53. The molecule has 2 amide bonds. The van der Waals surface area contributed by atoms with E-state index < -0.39 is 17.6 Å². The molecule has 0 aliphatic carbocycles. The molecular formula is C19H20FN3O4. The molecule has 0 atom stereocenters. The van der Waals surface area contributed by atoms with Gasteiger partial charge in [0.2, 0.25) is 5.91 Å². The van der Waals surface area contributed by atoms with Crippen molar-refractivity contribution < 1.29 is 23.5 Å². The van der Waals surface area contributed by atoms with Crippen LogP contribution >= 0.6 is 0 Å². The van der Waals surface area contributed by atoms with E-state index in [9.17, 15) is 14.0 Å². The van der Waals surface area contributed by atoms with Crippen molar-refractivity contribution in [2.45, 2.75) is 13.3 Å². The smallest absolute Gasteiger partial charge is 0.277 e. The van der Waals surface area contributed by atoms with Gasteiger partial charge in [-0.25, -0.2) is 9.82 Å². The summed E-state index contributed by atoms with van der Waals surface area (Å²) in [5.41, 5.74) is 2.74. The molecule has 0 aliphatic rings. The fraction of sp³-hybridized carbons (Fsp3) is 0.211. The largest absolute Gasteiger partial charge is 0.493 e. The molecule has 2 aromatic rings. The van der Waals surface area contributed by atoms with Gasteiger partial charge in [-0.1, -0.05) is 24.3 Å². The highest BCUT2D eigenvalue weighted by molar-refractivity contribution is 6.05. The topological polar surface area (TPSA) is 89.0 Å². The zero-order valence-corrected chi connectivity index (χ0v) is 15.0. The molecule has 0 heterocycles. The predicted octanol–water partition coefficient (Wildman–Crippen LogP) is 2.73. The zero-order valence-electron chi connectivity index (χ0n) is 15.0. The maximum atomic E-state index is 13.5. The first-order valence-corrected chi connectivity index (χ1v) is 8.11. The van der Waals surface area contributed by atoms with Gasteiger partial charge in [0.05, 0.1) is 19.2 Å². The minimum Gasteiger partial charge on any atom is -0.493 e. The second kappa shape index (κ2) is 9.91. The molecule has 0 aromatic heterocycles. The molecule has 0 aliphatic heterocycles. The van der Waals surface area contributed by atoms with Crippen molar-refractivity contribution in [3.63, 3.8) is 0 Å². The van der Waals surface area contributed by atoms with Crippen LogP contribution in [-0.2, 0) is 9.59 Å². The summed E-state index contributed by atoms with van der Waals surface area (Å²) < 4.78 is 24.0. The van der Waals surface area contributed by atoms with Gasteiger partial charge in [0.15, 0.2) is 18.1 Å². The van der Waals surface area contributed by atoms with Gasteiger partial charge in [-0.05, 0) is 31.2 Å². The van der Waals surface area contributed by atoms with Gasteiger partial charge >= 0.3 is 0 Å². The lowest BCUT2D eigenvalue weighted by Gasteiger charge is -2.09. The molecular weight excluding hydrogens is 353 g/mol. The molecule has 2 rings (SSSR count). The Hall–Kier alpha value is -3.42. The molecule has 27 heavy (non-hydrogen) atoms. The summed E-state index contributed by atoms with van der Waals surface area (Å²) in [5, 5.41) is 6.28. The number of para-hydroxylation sites is 3. The van der Waals surface area contributed by atoms with Crippen molar-refractivity contribution in [1.82, 2.24) is 5.43 Å². The van der Waals surface area contributed by atoms with Crippen LogP contribution in [0.3, 0.4) is 0 Å². The fourth-order valence-corrected chi connectivity index (χ4v) is 2.10. The lowest BCUT2D eigenvalue weighted by molar-refractivity contribution is -0.123. The number of halogens is 1. The Kier molecular flexibility index (Phi) is 7.30. The maximum absolute atomic E-state index is 13.5. The van der Waals surface area contributed by atoms with Crippen LogP contribution in [0, 0.1) is 5.82 Å². The molecule has 0 bridgehead atoms. The molecule has 0 spiro atoms. The average molecular weight is 373 g/mol. The van der Waals surface area contributed by atoms with Gasteiger partial charge in [-0.2, -0.15) is 5.10 Å². The van der Waals surface area contributed by atoms with E-state index >= 15 is 0 Å². The lowest BCUT2D eigenvalue weighted by atomic mass is 10.2. The Morgan fingerprint density at radius 3 is 2.41 bits per heavy atom. The van der Waals surface area contributed by atoms with Gasteiger partial charge in [-0.3, -0.25) is 9.59 Å². The monoisotopic (exact) mass is 373 g/mol. The third-order valence-corrected chi connectivity index (χ3v) is 3.36. The number of amides is 2. The number of ether oxygens (including phenoxy) is 2. The normalized spacial score (nSPS) is 10.9. The molecule has 142 valence electrons. The Bertz CT molecular complexity index is 839. The number of carbonyl (C=O) groups is 2. The van der Waals surface area contributed by atoms with E-state index in [-0.39, 0.29) is 18.7 Å². The van der Waals surface area contributed by atoms with Crippen LogP contribution in [0.25, 0.3) is 0 Å².